The molecule has 2 aromatic rings. The van der Waals surface area contributed by atoms with Crippen LogP contribution in [0.3, 0.4) is 0 Å². The fourth-order valence-electron chi connectivity index (χ4n) is 2.06. The zero-order chi connectivity index (χ0) is 15.8. The predicted octanol–water partition coefficient (Wildman–Crippen LogP) is 4.83. The van der Waals surface area contributed by atoms with Crippen molar-refractivity contribution in [2.45, 2.75) is 26.2 Å². The van der Waals surface area contributed by atoms with E-state index < -0.39 is 5.97 Å². The van der Waals surface area contributed by atoms with E-state index in [0.29, 0.717) is 5.57 Å². The standard InChI is InChI=1S/C19H20O3/c1-15(19(20)21)7-5-6-8-16-11-13-18(14-12-16)22-17-9-3-2-4-10-17/h2-4,7,9-14H,5-6,8H2,1H3,(H,20,21). The summed E-state index contributed by atoms with van der Waals surface area (Å²) in [5.41, 5.74) is 1.63. The van der Waals surface area contributed by atoms with Gasteiger partial charge in [-0.15, -0.1) is 0 Å². The minimum absolute atomic E-state index is 0.409. The fourth-order valence-corrected chi connectivity index (χ4v) is 2.06. The molecule has 0 fully saturated rings. The van der Waals surface area contributed by atoms with Gasteiger partial charge in [-0.3, -0.25) is 0 Å². The highest BCUT2D eigenvalue weighted by atomic mass is 16.5. The number of para-hydroxylation sites is 1. The number of unbranched alkanes of at least 4 members (excludes halogenated alkanes) is 1. The van der Waals surface area contributed by atoms with Gasteiger partial charge in [-0.05, 0) is 56.0 Å². The molecule has 0 saturated heterocycles. The lowest BCUT2D eigenvalue weighted by atomic mass is 10.1. The van der Waals surface area contributed by atoms with Gasteiger partial charge in [0.2, 0.25) is 0 Å². The van der Waals surface area contributed by atoms with Crippen molar-refractivity contribution in [1.82, 2.24) is 0 Å². The molecule has 0 radical (unpaired) electrons. The third kappa shape index (κ3) is 5.09. The van der Waals surface area contributed by atoms with Crippen LogP contribution in [0, 0.1) is 0 Å². The number of ether oxygens (including phenoxy) is 1. The van der Waals surface area contributed by atoms with Gasteiger partial charge in [0.25, 0.3) is 0 Å². The molecule has 22 heavy (non-hydrogen) atoms. The Bertz CT molecular complexity index is 627. The van der Waals surface area contributed by atoms with E-state index in [0.717, 1.165) is 30.8 Å². The minimum Gasteiger partial charge on any atom is -0.478 e. The summed E-state index contributed by atoms with van der Waals surface area (Å²) in [6.45, 7) is 1.62. The fraction of sp³-hybridized carbons (Fsp3) is 0.211. The van der Waals surface area contributed by atoms with E-state index in [9.17, 15) is 4.79 Å². The molecule has 0 aliphatic carbocycles. The number of carboxylic acid groups (broad SMARTS) is 1. The van der Waals surface area contributed by atoms with Crippen LogP contribution in [0.25, 0.3) is 0 Å². The van der Waals surface area contributed by atoms with Crippen molar-refractivity contribution in [2.24, 2.45) is 0 Å². The molecule has 0 saturated carbocycles. The Morgan fingerprint density at radius 3 is 2.32 bits per heavy atom. The predicted molar refractivity (Wildman–Crippen MR) is 87.3 cm³/mol. The number of rotatable bonds is 7. The highest BCUT2D eigenvalue weighted by Crippen LogP contribution is 2.21. The van der Waals surface area contributed by atoms with Crippen molar-refractivity contribution < 1.29 is 14.6 Å². The lowest BCUT2D eigenvalue weighted by Gasteiger charge is -2.06. The van der Waals surface area contributed by atoms with Gasteiger partial charge in [-0.2, -0.15) is 0 Å². The molecule has 0 unspecified atom stereocenters. The van der Waals surface area contributed by atoms with Crippen LogP contribution in [-0.2, 0) is 11.2 Å². The first-order valence-electron chi connectivity index (χ1n) is 7.37. The molecule has 0 bridgehead atoms. The number of carboxylic acids is 1. The Morgan fingerprint density at radius 1 is 1.05 bits per heavy atom. The van der Waals surface area contributed by atoms with Crippen molar-refractivity contribution in [3.63, 3.8) is 0 Å². The highest BCUT2D eigenvalue weighted by molar-refractivity contribution is 5.85. The topological polar surface area (TPSA) is 46.5 Å². The number of aryl methyl sites for hydroxylation is 1. The second kappa shape index (κ2) is 8.03. The van der Waals surface area contributed by atoms with Crippen LogP contribution in [0.15, 0.2) is 66.2 Å². The molecule has 114 valence electrons. The van der Waals surface area contributed by atoms with Crippen LogP contribution in [-0.4, -0.2) is 11.1 Å². The molecule has 0 aliphatic rings. The largest absolute Gasteiger partial charge is 0.478 e. The molecule has 2 rings (SSSR count). The molecule has 3 heteroatoms. The normalized spacial score (nSPS) is 11.2. The van der Waals surface area contributed by atoms with Crippen molar-refractivity contribution >= 4 is 5.97 Å². The first-order chi connectivity index (χ1) is 10.6. The second-order valence-corrected chi connectivity index (χ2v) is 5.14. The van der Waals surface area contributed by atoms with Crippen molar-refractivity contribution in [3.8, 4) is 11.5 Å². The van der Waals surface area contributed by atoms with Gasteiger partial charge in [0, 0.05) is 5.57 Å². The summed E-state index contributed by atoms with van der Waals surface area (Å²) in [6, 6.07) is 17.7. The van der Waals surface area contributed by atoms with E-state index in [4.69, 9.17) is 9.84 Å². The Labute approximate surface area is 130 Å². The second-order valence-electron chi connectivity index (χ2n) is 5.14. The van der Waals surface area contributed by atoms with Crippen LogP contribution in [0.2, 0.25) is 0 Å². The highest BCUT2D eigenvalue weighted by Gasteiger charge is 2.00. The van der Waals surface area contributed by atoms with Crippen LogP contribution < -0.4 is 4.74 Å². The molecule has 0 atom stereocenters. The molecule has 2 aromatic carbocycles. The summed E-state index contributed by atoms with van der Waals surface area (Å²) in [6.07, 6.45) is 4.41. The lowest BCUT2D eigenvalue weighted by molar-refractivity contribution is -0.132. The lowest BCUT2D eigenvalue weighted by Crippen LogP contribution is -1.95. The van der Waals surface area contributed by atoms with E-state index in [-0.39, 0.29) is 0 Å². The Morgan fingerprint density at radius 2 is 1.68 bits per heavy atom. The first-order valence-corrected chi connectivity index (χ1v) is 7.37. The van der Waals surface area contributed by atoms with E-state index in [1.807, 2.05) is 54.6 Å². The van der Waals surface area contributed by atoms with Gasteiger partial charge in [-0.1, -0.05) is 36.4 Å². The van der Waals surface area contributed by atoms with Crippen LogP contribution in [0.1, 0.15) is 25.3 Å². The van der Waals surface area contributed by atoms with Gasteiger partial charge in [0.15, 0.2) is 0 Å². The zero-order valence-corrected chi connectivity index (χ0v) is 12.7. The van der Waals surface area contributed by atoms with Crippen LogP contribution in [0.5, 0.6) is 11.5 Å². The summed E-state index contributed by atoms with van der Waals surface area (Å²) in [7, 11) is 0. The van der Waals surface area contributed by atoms with Crippen molar-refractivity contribution in [1.29, 1.82) is 0 Å². The minimum atomic E-state index is -0.845. The molecule has 0 spiro atoms. The number of hydrogen-bond donors (Lipinski definition) is 1. The van der Waals surface area contributed by atoms with Crippen LogP contribution >= 0.6 is 0 Å². The summed E-state index contributed by atoms with van der Waals surface area (Å²) in [4.78, 5) is 10.7. The third-order valence-corrected chi connectivity index (χ3v) is 3.36. The number of carbonyl (C=O) groups is 1. The molecular formula is C19H20O3. The Kier molecular flexibility index (Phi) is 5.78. The van der Waals surface area contributed by atoms with Crippen molar-refractivity contribution in [2.75, 3.05) is 0 Å². The van der Waals surface area contributed by atoms with Crippen molar-refractivity contribution in [3.05, 3.63) is 71.8 Å². The number of allylic oxidation sites excluding steroid dienone is 1. The van der Waals surface area contributed by atoms with Gasteiger partial charge in [0.1, 0.15) is 11.5 Å². The molecular weight excluding hydrogens is 276 g/mol. The van der Waals surface area contributed by atoms with Gasteiger partial charge >= 0.3 is 5.97 Å². The summed E-state index contributed by atoms with van der Waals surface area (Å²) in [5, 5.41) is 8.77. The zero-order valence-electron chi connectivity index (χ0n) is 12.7. The molecule has 0 aromatic heterocycles. The first kappa shape index (κ1) is 15.8. The van der Waals surface area contributed by atoms with E-state index >= 15 is 0 Å². The molecule has 0 amide bonds. The maximum absolute atomic E-state index is 10.7. The smallest absolute Gasteiger partial charge is 0.330 e. The monoisotopic (exact) mass is 296 g/mol. The summed E-state index contributed by atoms with van der Waals surface area (Å²) < 4.78 is 5.74. The van der Waals surface area contributed by atoms with Gasteiger partial charge in [0.05, 0.1) is 0 Å². The summed E-state index contributed by atoms with van der Waals surface area (Å²) in [5.74, 6) is 0.795. The quantitative estimate of drug-likeness (QED) is 0.588. The average molecular weight is 296 g/mol. The Hall–Kier alpha value is -2.55. The average Bonchev–Trinajstić information content (AvgIpc) is 2.53. The maximum atomic E-state index is 10.7. The van der Waals surface area contributed by atoms with E-state index in [1.165, 1.54) is 5.56 Å². The number of hydrogen-bond acceptors (Lipinski definition) is 2. The molecule has 1 N–H and O–H groups in total. The SMILES string of the molecule is CC(=CCCCc1ccc(Oc2ccccc2)cc1)C(=O)O. The Balaban J connectivity index is 1.82. The molecule has 0 aliphatic heterocycles. The van der Waals surface area contributed by atoms with E-state index in [1.54, 1.807) is 13.0 Å². The number of benzene rings is 2. The maximum Gasteiger partial charge on any atom is 0.330 e. The summed E-state index contributed by atoms with van der Waals surface area (Å²) >= 11 is 0. The molecule has 0 heterocycles. The molecule has 3 nitrogen and oxygen atoms in total. The third-order valence-electron chi connectivity index (χ3n) is 3.36. The van der Waals surface area contributed by atoms with Gasteiger partial charge < -0.3 is 9.84 Å². The van der Waals surface area contributed by atoms with Gasteiger partial charge in [-0.25, -0.2) is 4.79 Å². The van der Waals surface area contributed by atoms with Crippen LogP contribution in [0.4, 0.5) is 0 Å². The van der Waals surface area contributed by atoms with E-state index in [2.05, 4.69) is 0 Å². The number of aliphatic carboxylic acids is 1.